The quantitative estimate of drug-likeness (QED) is 0.0213. The fourth-order valence-electron chi connectivity index (χ4n) is 13.6. The van der Waals surface area contributed by atoms with Gasteiger partial charge in [-0.15, -0.1) is 0 Å². The van der Waals surface area contributed by atoms with E-state index in [1.165, 1.54) is 70.4 Å². The summed E-state index contributed by atoms with van der Waals surface area (Å²) in [6.07, 6.45) is 14.8. The Bertz CT molecular complexity index is 3360. The number of aromatic hydroxyl groups is 1. The summed E-state index contributed by atoms with van der Waals surface area (Å²) in [5, 5.41) is 64.0. The van der Waals surface area contributed by atoms with Gasteiger partial charge < -0.3 is 131 Å². The molecule has 0 aliphatic carbocycles. The average Bonchev–Trinajstić information content (AvgIpc) is 0.853. The molecule has 0 spiro atoms. The lowest BCUT2D eigenvalue weighted by molar-refractivity contribution is -0.137. The fraction of sp³-hybridized carbons (Fsp3) is 0.750. The number of phenolic OH excluding ortho intramolecular Hbond substituents is 1. The van der Waals surface area contributed by atoms with Gasteiger partial charge in [0.25, 0.3) is 0 Å². The summed E-state index contributed by atoms with van der Waals surface area (Å²) < 4.78 is 0. The summed E-state index contributed by atoms with van der Waals surface area (Å²) in [7, 11) is 0. The van der Waals surface area contributed by atoms with Crippen LogP contribution in [-0.4, -0.2) is 229 Å². The summed E-state index contributed by atoms with van der Waals surface area (Å²) in [5.41, 5.74) is 52.0. The summed E-state index contributed by atoms with van der Waals surface area (Å²) in [6, 6.07) is -10.1. The number of primary amides is 2. The van der Waals surface area contributed by atoms with E-state index >= 15 is 9.59 Å². The third-order valence-corrected chi connectivity index (χ3v) is 20.5. The number of hydrogen-bond donors (Lipinski definition) is 24. The van der Waals surface area contributed by atoms with Crippen LogP contribution in [0.3, 0.4) is 0 Å². The highest BCUT2D eigenvalue weighted by molar-refractivity contribution is 5.99. The van der Waals surface area contributed by atoms with Crippen LogP contribution in [0.5, 0.6) is 5.75 Å². The fourth-order valence-corrected chi connectivity index (χ4v) is 13.6. The summed E-state index contributed by atoms with van der Waals surface area (Å²) in [5.74, 6) is -11.7. The number of nitrogens with zero attached hydrogens (tertiary/aromatic N) is 2. The number of carbonyl (C=O) groups is 13. The normalized spacial score (nSPS) is 14.5. The monoisotopic (exact) mass is 1740 g/mol. The van der Waals surface area contributed by atoms with Crippen molar-refractivity contribution in [3.63, 3.8) is 0 Å². The molecule has 0 saturated heterocycles. The summed E-state index contributed by atoms with van der Waals surface area (Å²) in [6.45, 7) is 13.6. The minimum Gasteiger partial charge on any atom is -0.508 e. The molecule has 33 N–H and O–H groups in total. The number of aliphatic imine (C=N–C) groups is 2. The lowest BCUT2D eigenvalue weighted by Gasteiger charge is -2.29. The van der Waals surface area contributed by atoms with Gasteiger partial charge in [-0.05, 0) is 178 Å². The minimum absolute atomic E-state index is 0.000280. The first-order valence-electron chi connectivity index (χ1n) is 44.3. The van der Waals surface area contributed by atoms with Gasteiger partial charge >= 0.3 is 0 Å². The molecular weight excluding hydrogens is 1590 g/mol. The second-order valence-corrected chi connectivity index (χ2v) is 33.2. The van der Waals surface area contributed by atoms with Crippen molar-refractivity contribution in [2.45, 2.75) is 339 Å². The maximum Gasteiger partial charge on any atom is 0.245 e. The number of aliphatic hydroxyl groups is 2. The molecule has 0 fully saturated rings. The third kappa shape index (κ3) is 51.3. The first kappa shape index (κ1) is 111. The van der Waals surface area contributed by atoms with Crippen LogP contribution in [0.2, 0.25) is 0 Å². The van der Waals surface area contributed by atoms with Crippen LogP contribution in [0, 0.1) is 17.8 Å². The molecule has 1 aromatic carbocycles. The average molecular weight is 1740 g/mol. The van der Waals surface area contributed by atoms with Crippen LogP contribution in [0.1, 0.15) is 260 Å². The highest BCUT2D eigenvalue weighted by atomic mass is 16.3. The molecule has 13 atom stereocenters. The van der Waals surface area contributed by atoms with E-state index < -0.39 is 156 Å². The SMILES string of the molecule is CCCCCCCCCCCCCCCC(=O)NC(CCCN=C(N)N)C(=O)NC(CCC(N)=O)C(=O)NC(CCCN)CNC(Cc1ccc(O)cc1)C(=O)NC(CCCN=C(N)N)C(=O)NC(CCCCN)C(=O)NC(CC(C)C)C(=O)NC(CC(C)C)C(=O)NC(CCCCN)C(=O)NC(CO)C(=O)NC(C(=O)NC(CC(C)C)C(N)=O)C(C)O. The van der Waals surface area contributed by atoms with Crippen LogP contribution in [0.15, 0.2) is 34.3 Å². The topological polar surface area (TPSA) is 686 Å². The van der Waals surface area contributed by atoms with Crippen molar-refractivity contribution in [3.8, 4) is 5.75 Å². The third-order valence-electron chi connectivity index (χ3n) is 20.5. The zero-order valence-corrected chi connectivity index (χ0v) is 74.4. The van der Waals surface area contributed by atoms with Gasteiger partial charge in [0.1, 0.15) is 66.2 Å². The molecule has 702 valence electrons. The second kappa shape index (κ2) is 65.1. The number of unbranched alkanes of at least 4 members (excludes halogenated alkanes) is 14. The van der Waals surface area contributed by atoms with Crippen molar-refractivity contribution >= 4 is 88.7 Å². The molecular formula is C84H155N23O16. The number of carbonyl (C=O) groups excluding carboxylic acids is 13. The molecule has 0 heterocycles. The molecule has 39 heteroatoms. The molecule has 0 aromatic heterocycles. The van der Waals surface area contributed by atoms with Gasteiger partial charge in [-0.1, -0.05) is 138 Å². The van der Waals surface area contributed by atoms with Gasteiger partial charge in [0, 0.05) is 38.5 Å². The summed E-state index contributed by atoms with van der Waals surface area (Å²) >= 11 is 0. The molecule has 0 bridgehead atoms. The van der Waals surface area contributed by atoms with Crippen LogP contribution in [0.4, 0.5) is 0 Å². The van der Waals surface area contributed by atoms with Crippen LogP contribution in [0.25, 0.3) is 0 Å². The maximum atomic E-state index is 15.1. The first-order chi connectivity index (χ1) is 58.4. The lowest BCUT2D eigenvalue weighted by Crippen LogP contribution is -2.62. The maximum absolute atomic E-state index is 15.1. The molecule has 0 aliphatic rings. The second-order valence-electron chi connectivity index (χ2n) is 33.2. The largest absolute Gasteiger partial charge is 0.508 e. The Morgan fingerprint density at radius 3 is 1.12 bits per heavy atom. The van der Waals surface area contributed by atoms with Crippen molar-refractivity contribution in [1.29, 1.82) is 0 Å². The van der Waals surface area contributed by atoms with Crippen molar-refractivity contribution in [2.24, 2.45) is 79.3 Å². The number of rotatable bonds is 71. The highest BCUT2D eigenvalue weighted by Gasteiger charge is 2.38. The van der Waals surface area contributed by atoms with Crippen molar-refractivity contribution in [2.75, 3.05) is 45.9 Å². The number of nitrogens with two attached hydrogens (primary N) is 9. The van der Waals surface area contributed by atoms with Crippen LogP contribution < -0.4 is 115 Å². The Morgan fingerprint density at radius 2 is 0.724 bits per heavy atom. The standard InChI is InChI=1S/C84H155N23O16/c1-9-10-11-12-13-14-15-16-17-18-19-20-21-34-70(112)98-59(32-27-44-94-83(90)91)74(115)102-63(39-40-69(88)111)73(114)97-57(29-26-43-87)50-96-65(49-56-35-37-58(110)38-36-56)78(119)100-62(33-28-45-95-84(92)93)75(116)99-60(30-22-24-41-85)76(117)104-67(48-54(6)7)80(121)105-66(47-53(4)5)79(120)101-61(31-23-25-42-86)77(118)106-68(51-108)81(122)107-71(55(8)109)82(123)103-64(72(89)113)46-52(2)3/h35-38,52-55,57,59-68,71,96,108-110H,9-34,39-51,85-87H2,1-8H3,(H2,88,111)(H2,89,113)(H,97,114)(H,98,112)(H,99,116)(H,100,119)(H,101,120)(H,102,115)(H,103,123)(H,104,117)(H,105,121)(H,106,118)(H,107,122)(H4,90,91,94)(H4,92,93,95). The van der Waals surface area contributed by atoms with Gasteiger partial charge in [-0.3, -0.25) is 72.3 Å². The van der Waals surface area contributed by atoms with Gasteiger partial charge in [-0.25, -0.2) is 0 Å². The molecule has 1 aromatic rings. The molecule has 13 amide bonds. The Morgan fingerprint density at radius 1 is 0.366 bits per heavy atom. The molecule has 123 heavy (non-hydrogen) atoms. The van der Waals surface area contributed by atoms with Gasteiger partial charge in [-0.2, -0.15) is 0 Å². The number of amides is 13. The van der Waals surface area contributed by atoms with Crippen molar-refractivity contribution in [1.82, 2.24) is 63.8 Å². The van der Waals surface area contributed by atoms with E-state index in [2.05, 4.69) is 80.7 Å². The van der Waals surface area contributed by atoms with Gasteiger partial charge in [0.05, 0.1) is 18.8 Å². The van der Waals surface area contributed by atoms with E-state index in [-0.39, 0.29) is 183 Å². The Hall–Kier alpha value is -9.57. The van der Waals surface area contributed by atoms with E-state index in [0.717, 1.165) is 25.7 Å². The number of nitrogens with one attached hydrogen (secondary N) is 12. The molecule has 0 radical (unpaired) electrons. The van der Waals surface area contributed by atoms with E-state index in [1.54, 1.807) is 53.7 Å². The number of phenols is 1. The Kier molecular flexibility index (Phi) is 59.0. The van der Waals surface area contributed by atoms with E-state index in [0.29, 0.717) is 31.2 Å². The lowest BCUT2D eigenvalue weighted by atomic mass is 9.99. The molecule has 13 unspecified atom stereocenters. The number of aliphatic hydroxyl groups excluding tert-OH is 2. The highest BCUT2D eigenvalue weighted by Crippen LogP contribution is 2.19. The predicted molar refractivity (Wildman–Crippen MR) is 474 cm³/mol. The number of guanidine groups is 2. The Labute approximate surface area is 727 Å². The molecule has 0 aliphatic heterocycles. The van der Waals surface area contributed by atoms with Gasteiger partial charge in [0.15, 0.2) is 11.9 Å². The van der Waals surface area contributed by atoms with Gasteiger partial charge in [0.2, 0.25) is 76.8 Å². The zero-order valence-electron chi connectivity index (χ0n) is 74.4. The predicted octanol–water partition coefficient (Wildman–Crippen LogP) is -0.927. The van der Waals surface area contributed by atoms with E-state index in [1.807, 2.05) is 0 Å². The van der Waals surface area contributed by atoms with Crippen LogP contribution in [-0.2, 0) is 68.7 Å². The summed E-state index contributed by atoms with van der Waals surface area (Å²) in [4.78, 5) is 190. The zero-order chi connectivity index (χ0) is 92.4. The van der Waals surface area contributed by atoms with E-state index in [4.69, 9.17) is 51.6 Å². The Balaban J connectivity index is 3.76. The minimum atomic E-state index is -1.75. The van der Waals surface area contributed by atoms with Crippen molar-refractivity contribution < 1.29 is 77.6 Å². The van der Waals surface area contributed by atoms with Crippen LogP contribution >= 0.6 is 0 Å². The molecule has 1 rings (SSSR count). The molecule has 0 saturated carbocycles. The van der Waals surface area contributed by atoms with Crippen molar-refractivity contribution in [3.05, 3.63) is 29.8 Å². The number of benzene rings is 1. The smallest absolute Gasteiger partial charge is 0.245 e. The number of hydrogen-bond acceptors (Lipinski definition) is 22. The first-order valence-corrected chi connectivity index (χ1v) is 44.3. The van der Waals surface area contributed by atoms with E-state index in [9.17, 15) is 68.1 Å². The molecule has 39 nitrogen and oxygen atoms in total.